The highest BCUT2D eigenvalue weighted by molar-refractivity contribution is 7.16. The second-order valence-electron chi connectivity index (χ2n) is 5.35. The second-order valence-corrected chi connectivity index (χ2v) is 7.58. The monoisotopic (exact) mass is 336 g/mol. The lowest BCUT2D eigenvalue weighted by molar-refractivity contribution is -0.140. The highest BCUT2D eigenvalue weighted by Crippen LogP contribution is 2.38. The molecule has 1 aliphatic carbocycles. The zero-order chi connectivity index (χ0) is 15.7. The molecule has 2 atom stereocenters. The van der Waals surface area contributed by atoms with E-state index in [9.17, 15) is 9.59 Å². The van der Waals surface area contributed by atoms with Gasteiger partial charge in [-0.1, -0.05) is 0 Å². The van der Waals surface area contributed by atoms with Crippen molar-refractivity contribution in [3.8, 4) is 10.6 Å². The van der Waals surface area contributed by atoms with E-state index < -0.39 is 11.9 Å². The first kappa shape index (κ1) is 15.2. The Kier molecular flexibility index (Phi) is 4.26. The van der Waals surface area contributed by atoms with E-state index in [2.05, 4.69) is 22.4 Å². The maximum Gasteiger partial charge on any atom is 0.307 e. The summed E-state index contributed by atoms with van der Waals surface area (Å²) in [5.74, 6) is -1.84. The predicted octanol–water partition coefficient (Wildman–Crippen LogP) is 2.56. The van der Waals surface area contributed by atoms with Gasteiger partial charge >= 0.3 is 5.97 Å². The molecule has 2 heterocycles. The molecule has 3 rings (SSSR count). The van der Waals surface area contributed by atoms with Gasteiger partial charge in [0.05, 0.1) is 27.4 Å². The van der Waals surface area contributed by atoms with Crippen LogP contribution in [0.15, 0.2) is 17.5 Å². The summed E-state index contributed by atoms with van der Waals surface area (Å²) in [6.07, 6.45) is 1.22. The van der Waals surface area contributed by atoms with E-state index in [-0.39, 0.29) is 11.8 Å². The number of aromatic nitrogens is 1. The minimum atomic E-state index is -0.874. The predicted molar refractivity (Wildman–Crippen MR) is 86.1 cm³/mol. The van der Waals surface area contributed by atoms with Crippen molar-refractivity contribution < 1.29 is 14.7 Å². The van der Waals surface area contributed by atoms with E-state index in [0.717, 1.165) is 22.0 Å². The molecule has 22 heavy (non-hydrogen) atoms. The van der Waals surface area contributed by atoms with Gasteiger partial charge in [-0.05, 0) is 31.9 Å². The van der Waals surface area contributed by atoms with Crippen LogP contribution in [0.3, 0.4) is 0 Å². The van der Waals surface area contributed by atoms with Crippen LogP contribution in [-0.4, -0.2) is 28.5 Å². The molecule has 5 nitrogen and oxygen atoms in total. The SMILES string of the molecule is Cc1nc(-c2ccc(CCNC(=O)[C@@H]3C[C@@H]3C(=O)O)s2)cs1. The molecule has 2 N–H and O–H groups in total. The molecule has 0 spiro atoms. The second kappa shape index (κ2) is 6.18. The number of aryl methyl sites for hydroxylation is 1. The fourth-order valence-electron chi connectivity index (χ4n) is 2.32. The third-order valence-electron chi connectivity index (χ3n) is 3.65. The molecule has 0 bridgehead atoms. The maximum absolute atomic E-state index is 11.8. The van der Waals surface area contributed by atoms with Gasteiger partial charge in [0.1, 0.15) is 0 Å². The van der Waals surface area contributed by atoms with Gasteiger partial charge in [-0.15, -0.1) is 22.7 Å². The van der Waals surface area contributed by atoms with Crippen molar-refractivity contribution >= 4 is 34.6 Å². The summed E-state index contributed by atoms with van der Waals surface area (Å²) < 4.78 is 0. The van der Waals surface area contributed by atoms with Crippen molar-refractivity contribution in [3.05, 3.63) is 27.4 Å². The van der Waals surface area contributed by atoms with Gasteiger partial charge in [0.2, 0.25) is 5.91 Å². The molecule has 2 aromatic rings. The summed E-state index contributed by atoms with van der Waals surface area (Å²) in [5.41, 5.74) is 1.00. The standard InChI is InChI=1S/C15H16N2O3S2/c1-8-17-12(7-21-8)13-3-2-9(22-13)4-5-16-14(18)10-6-11(10)15(19)20/h2-3,7,10-11H,4-6H2,1H3,(H,16,18)(H,19,20)/t10-,11+/m1/s1. The number of nitrogens with one attached hydrogen (secondary N) is 1. The van der Waals surface area contributed by atoms with Crippen molar-refractivity contribution in [2.75, 3.05) is 6.54 Å². The Bertz CT molecular complexity index is 707. The minimum absolute atomic E-state index is 0.140. The van der Waals surface area contributed by atoms with Crippen molar-refractivity contribution in [1.29, 1.82) is 0 Å². The average molecular weight is 336 g/mol. The first-order chi connectivity index (χ1) is 10.5. The van der Waals surface area contributed by atoms with E-state index in [1.165, 1.54) is 4.88 Å². The van der Waals surface area contributed by atoms with E-state index in [1.54, 1.807) is 22.7 Å². The number of carbonyl (C=O) groups is 2. The summed E-state index contributed by atoms with van der Waals surface area (Å²) in [6.45, 7) is 2.53. The zero-order valence-electron chi connectivity index (χ0n) is 12.0. The molecule has 116 valence electrons. The lowest BCUT2D eigenvalue weighted by Gasteiger charge is -2.02. The Morgan fingerprint density at radius 1 is 1.41 bits per heavy atom. The van der Waals surface area contributed by atoms with E-state index in [4.69, 9.17) is 5.11 Å². The van der Waals surface area contributed by atoms with Crippen LogP contribution in [0.2, 0.25) is 0 Å². The highest BCUT2D eigenvalue weighted by Gasteiger charge is 2.48. The number of thiazole rings is 1. The summed E-state index contributed by atoms with van der Waals surface area (Å²) in [7, 11) is 0. The number of carboxylic acid groups (broad SMARTS) is 1. The third kappa shape index (κ3) is 3.36. The van der Waals surface area contributed by atoms with Gasteiger partial charge in [0.25, 0.3) is 0 Å². The molecule has 1 saturated carbocycles. The number of hydrogen-bond donors (Lipinski definition) is 2. The van der Waals surface area contributed by atoms with E-state index in [1.807, 2.05) is 12.3 Å². The van der Waals surface area contributed by atoms with Crippen molar-refractivity contribution in [2.45, 2.75) is 19.8 Å². The lowest BCUT2D eigenvalue weighted by atomic mass is 10.3. The summed E-state index contributed by atoms with van der Waals surface area (Å²) >= 11 is 3.31. The Morgan fingerprint density at radius 3 is 2.86 bits per heavy atom. The maximum atomic E-state index is 11.8. The van der Waals surface area contributed by atoms with Crippen LogP contribution in [0.5, 0.6) is 0 Å². The fraction of sp³-hybridized carbons (Fsp3) is 0.400. The molecule has 0 unspecified atom stereocenters. The Morgan fingerprint density at radius 2 is 2.23 bits per heavy atom. The van der Waals surface area contributed by atoms with E-state index in [0.29, 0.717) is 13.0 Å². The van der Waals surface area contributed by atoms with Crippen molar-refractivity contribution in [3.63, 3.8) is 0 Å². The molecule has 0 aliphatic heterocycles. The summed E-state index contributed by atoms with van der Waals surface area (Å²) in [6, 6.07) is 4.11. The Hall–Kier alpha value is -1.73. The molecular formula is C15H16N2O3S2. The minimum Gasteiger partial charge on any atom is -0.481 e. The van der Waals surface area contributed by atoms with Crippen molar-refractivity contribution in [1.82, 2.24) is 10.3 Å². The number of carbonyl (C=O) groups excluding carboxylic acids is 1. The van der Waals surface area contributed by atoms with Gasteiger partial charge < -0.3 is 10.4 Å². The van der Waals surface area contributed by atoms with Crippen LogP contribution >= 0.6 is 22.7 Å². The molecule has 0 saturated heterocycles. The van der Waals surface area contributed by atoms with Crippen LogP contribution in [0.1, 0.15) is 16.3 Å². The fourth-order valence-corrected chi connectivity index (χ4v) is 3.98. The van der Waals surface area contributed by atoms with Gasteiger partial charge in [0, 0.05) is 16.8 Å². The first-order valence-electron chi connectivity index (χ1n) is 7.06. The normalized spacial score (nSPS) is 19.9. The largest absolute Gasteiger partial charge is 0.481 e. The molecule has 0 radical (unpaired) electrons. The molecule has 1 amide bonds. The van der Waals surface area contributed by atoms with Crippen molar-refractivity contribution in [2.24, 2.45) is 11.8 Å². The summed E-state index contributed by atoms with van der Waals surface area (Å²) in [5, 5.41) is 14.7. The van der Waals surface area contributed by atoms with Crippen LogP contribution in [0, 0.1) is 18.8 Å². The summed E-state index contributed by atoms with van der Waals surface area (Å²) in [4.78, 5) is 29.3. The molecule has 2 aromatic heterocycles. The average Bonchev–Trinajstić information content (AvgIpc) is 2.97. The first-order valence-corrected chi connectivity index (χ1v) is 8.76. The smallest absolute Gasteiger partial charge is 0.307 e. The third-order valence-corrected chi connectivity index (χ3v) is 5.59. The van der Waals surface area contributed by atoms with Crippen LogP contribution in [-0.2, 0) is 16.0 Å². The molecule has 0 aromatic carbocycles. The number of rotatable bonds is 6. The highest BCUT2D eigenvalue weighted by atomic mass is 32.1. The Balaban J connectivity index is 1.48. The van der Waals surface area contributed by atoms with Crippen LogP contribution in [0.4, 0.5) is 0 Å². The van der Waals surface area contributed by atoms with Gasteiger partial charge in [-0.3, -0.25) is 9.59 Å². The van der Waals surface area contributed by atoms with Gasteiger partial charge in [-0.2, -0.15) is 0 Å². The number of aliphatic carboxylic acids is 1. The number of hydrogen-bond acceptors (Lipinski definition) is 5. The van der Waals surface area contributed by atoms with Gasteiger partial charge in [-0.25, -0.2) is 4.98 Å². The zero-order valence-corrected chi connectivity index (χ0v) is 13.7. The molecule has 1 aliphatic rings. The molecule has 1 fully saturated rings. The Labute approximate surface area is 136 Å². The number of amides is 1. The van der Waals surface area contributed by atoms with Crippen LogP contribution < -0.4 is 5.32 Å². The number of thiophene rings is 1. The number of nitrogens with zero attached hydrogens (tertiary/aromatic N) is 1. The van der Waals surface area contributed by atoms with Gasteiger partial charge in [0.15, 0.2) is 0 Å². The topological polar surface area (TPSA) is 79.3 Å². The molecule has 7 heteroatoms. The number of carboxylic acids is 1. The quantitative estimate of drug-likeness (QED) is 0.850. The van der Waals surface area contributed by atoms with E-state index >= 15 is 0 Å². The lowest BCUT2D eigenvalue weighted by Crippen LogP contribution is -2.28. The van der Waals surface area contributed by atoms with Crippen LogP contribution in [0.25, 0.3) is 10.6 Å². The molecular weight excluding hydrogens is 320 g/mol.